The van der Waals surface area contributed by atoms with Gasteiger partial charge >= 0.3 is 6.09 Å². The molecule has 3 N–H and O–H groups in total. The van der Waals surface area contributed by atoms with Crippen LogP contribution in [0.4, 0.5) is 13.6 Å². The van der Waals surface area contributed by atoms with Crippen molar-refractivity contribution in [1.29, 1.82) is 0 Å². The van der Waals surface area contributed by atoms with Crippen molar-refractivity contribution in [3.8, 4) is 0 Å². The van der Waals surface area contributed by atoms with Gasteiger partial charge in [0, 0.05) is 23.5 Å². The van der Waals surface area contributed by atoms with Gasteiger partial charge in [-0.15, -0.1) is 0 Å². The van der Waals surface area contributed by atoms with E-state index in [1.54, 1.807) is 0 Å². The molecule has 0 aliphatic heterocycles. The lowest BCUT2D eigenvalue weighted by Gasteiger charge is -2.17. The molecule has 0 spiro atoms. The summed E-state index contributed by atoms with van der Waals surface area (Å²) in [6.07, 6.45) is 6.03. The van der Waals surface area contributed by atoms with E-state index >= 15 is 0 Å². The topological polar surface area (TPSA) is 84.0 Å². The summed E-state index contributed by atoms with van der Waals surface area (Å²) in [6.45, 7) is -0.0816. The van der Waals surface area contributed by atoms with Crippen molar-refractivity contribution < 1.29 is 18.3 Å². The molecule has 2 atom stereocenters. The molecule has 0 bridgehead atoms. The molecule has 1 fully saturated rings. The molecular weight excluding hydrogens is 392 g/mol. The number of rotatable bonds is 6. The minimum atomic E-state index is -2.36. The second kappa shape index (κ2) is 8.85. The van der Waals surface area contributed by atoms with Gasteiger partial charge in [-0.2, -0.15) is 0 Å². The average Bonchev–Trinajstić information content (AvgIpc) is 3.43. The van der Waals surface area contributed by atoms with Crippen molar-refractivity contribution in [2.45, 2.75) is 50.7 Å². The number of aromatic nitrogens is 3. The Kier molecular flexibility index (Phi) is 6.01. The third-order valence-electron chi connectivity index (χ3n) is 5.60. The Morgan fingerprint density at radius 3 is 3.13 bits per heavy atom. The number of methoxy groups -OCH3 is 1. The number of ether oxygens (including phenoxy) is 1. The lowest BCUT2D eigenvalue weighted by molar-refractivity contribution is 0.141. The van der Waals surface area contributed by atoms with Crippen LogP contribution >= 0.6 is 0 Å². The number of allylic oxidation sites excluding steroid dienone is 1. The van der Waals surface area contributed by atoms with Crippen molar-refractivity contribution in [3.05, 3.63) is 45.4 Å². The van der Waals surface area contributed by atoms with Crippen LogP contribution in [0.3, 0.4) is 0 Å². The first-order chi connectivity index (χ1) is 14.6. The number of H-pyrrole nitrogens is 1. The Bertz CT molecular complexity index is 1160. The lowest BCUT2D eigenvalue weighted by Crippen LogP contribution is -2.31. The number of alkyl carbamates (subject to hydrolysis) is 1. The third-order valence-corrected chi connectivity index (χ3v) is 5.60. The van der Waals surface area contributed by atoms with Crippen LogP contribution in [0.1, 0.15) is 37.5 Å². The maximum absolute atomic E-state index is 12.6. The van der Waals surface area contributed by atoms with Gasteiger partial charge in [0.2, 0.25) is 0 Å². The molecule has 0 saturated heterocycles. The summed E-state index contributed by atoms with van der Waals surface area (Å²) in [5.74, 6) is 0.718. The number of nitrogens with one attached hydrogen (secondary N) is 3. The van der Waals surface area contributed by atoms with Gasteiger partial charge in [-0.3, -0.25) is 0 Å². The number of halogens is 2. The van der Waals surface area contributed by atoms with Crippen molar-refractivity contribution in [2.75, 3.05) is 13.7 Å². The van der Waals surface area contributed by atoms with Crippen molar-refractivity contribution in [2.24, 2.45) is 0 Å². The number of alkyl halides is 2. The Labute approximate surface area is 171 Å². The van der Waals surface area contributed by atoms with Gasteiger partial charge in [0.15, 0.2) is 0 Å². The first-order valence-electron chi connectivity index (χ1n) is 10.1. The van der Waals surface area contributed by atoms with Gasteiger partial charge in [-0.1, -0.05) is 11.8 Å². The third kappa shape index (κ3) is 4.17. The summed E-state index contributed by atoms with van der Waals surface area (Å²) in [7, 11) is 1.32. The molecule has 1 amide bonds. The number of amides is 1. The molecule has 2 aliphatic carbocycles. The number of nitrogens with zero attached hydrogens (tertiary/aromatic N) is 2. The van der Waals surface area contributed by atoms with E-state index in [-0.39, 0.29) is 25.2 Å². The van der Waals surface area contributed by atoms with Gasteiger partial charge in [0.1, 0.15) is 5.82 Å². The van der Waals surface area contributed by atoms with E-state index in [4.69, 9.17) is 9.72 Å². The fourth-order valence-electron chi connectivity index (χ4n) is 4.30. The number of hydrogen-bond acceptors (Lipinski definition) is 4. The number of aromatic amines is 1. The molecule has 30 heavy (non-hydrogen) atoms. The Morgan fingerprint density at radius 2 is 2.33 bits per heavy atom. The van der Waals surface area contributed by atoms with E-state index in [1.807, 2.05) is 24.4 Å². The van der Waals surface area contributed by atoms with Crippen LogP contribution in [0.15, 0.2) is 18.3 Å². The zero-order chi connectivity index (χ0) is 21.1. The Morgan fingerprint density at radius 1 is 1.47 bits per heavy atom. The standard InChI is InChI=1S/C21H25F2N5O2/c1-30-21(29)26-12-19-27-17-5-3-2-4-16-15(8-9-24-16)20(17)28(19)14-7-6-13(10-14)25-11-18(22)23/h2,5,8-9,13-14,18,24-25H,3,6-7,10-12H2,1H3,(H,26,29)/b17-5?,20-15+. The highest BCUT2D eigenvalue weighted by Gasteiger charge is 2.29. The Hall–Kier alpha value is -2.90. The molecule has 7 nitrogen and oxygen atoms in total. The van der Waals surface area contributed by atoms with Crippen molar-refractivity contribution in [3.63, 3.8) is 0 Å². The van der Waals surface area contributed by atoms with Crippen LogP contribution in [-0.4, -0.2) is 46.8 Å². The lowest BCUT2D eigenvalue weighted by atomic mass is 10.2. The normalized spacial score (nSPS) is 21.2. The quantitative estimate of drug-likeness (QED) is 0.664. The number of carbonyl (C=O) groups excluding carboxylic acids is 1. The van der Waals surface area contributed by atoms with E-state index in [0.29, 0.717) is 6.42 Å². The molecule has 2 heterocycles. The summed E-state index contributed by atoms with van der Waals surface area (Å²) < 4.78 is 32.1. The molecular formula is C21H25F2N5O2. The van der Waals surface area contributed by atoms with E-state index in [2.05, 4.69) is 25.9 Å². The number of carbonyl (C=O) groups is 1. The summed E-state index contributed by atoms with van der Waals surface area (Å²) in [4.78, 5) is 19.7. The summed E-state index contributed by atoms with van der Waals surface area (Å²) in [5, 5.41) is 9.36. The van der Waals surface area contributed by atoms with E-state index in [1.165, 1.54) is 7.11 Å². The van der Waals surface area contributed by atoms with E-state index < -0.39 is 12.5 Å². The zero-order valence-electron chi connectivity index (χ0n) is 16.8. The second-order valence-electron chi connectivity index (χ2n) is 7.49. The SMILES string of the molecule is COC(=O)NCc1nc2/c(n1C1CCC(NCC(F)F)C1)=c1/cc[nH]c1=C=CCC=2. The minimum Gasteiger partial charge on any atom is -0.453 e. The maximum atomic E-state index is 12.6. The van der Waals surface area contributed by atoms with Gasteiger partial charge in [0.05, 0.1) is 36.2 Å². The highest BCUT2D eigenvalue weighted by atomic mass is 19.3. The predicted molar refractivity (Wildman–Crippen MR) is 107 cm³/mol. The smallest absolute Gasteiger partial charge is 0.407 e. The molecule has 4 rings (SSSR count). The predicted octanol–water partition coefficient (Wildman–Crippen LogP) is 1.42. The van der Waals surface area contributed by atoms with Gasteiger partial charge < -0.3 is 24.9 Å². The monoisotopic (exact) mass is 417 g/mol. The molecule has 9 heteroatoms. The zero-order valence-corrected chi connectivity index (χ0v) is 16.8. The highest BCUT2D eigenvalue weighted by Crippen LogP contribution is 2.31. The van der Waals surface area contributed by atoms with E-state index in [9.17, 15) is 13.6 Å². The van der Waals surface area contributed by atoms with Crippen molar-refractivity contribution in [1.82, 2.24) is 25.2 Å². The van der Waals surface area contributed by atoms with Crippen LogP contribution in [0.25, 0.3) is 11.8 Å². The fourth-order valence-corrected chi connectivity index (χ4v) is 4.30. The van der Waals surface area contributed by atoms with Crippen LogP contribution in [0.5, 0.6) is 0 Å². The molecule has 0 aromatic carbocycles. The molecule has 2 unspecified atom stereocenters. The summed E-state index contributed by atoms with van der Waals surface area (Å²) >= 11 is 0. The summed E-state index contributed by atoms with van der Waals surface area (Å²) in [5.41, 5.74) is 3.28. The van der Waals surface area contributed by atoms with Crippen LogP contribution in [-0.2, 0) is 11.3 Å². The fraction of sp³-hybridized carbons (Fsp3) is 0.476. The molecule has 1 saturated carbocycles. The first-order valence-corrected chi connectivity index (χ1v) is 10.1. The maximum Gasteiger partial charge on any atom is 0.407 e. The second-order valence-corrected chi connectivity index (χ2v) is 7.49. The number of imidazole rings is 1. The van der Waals surface area contributed by atoms with Crippen LogP contribution in [0.2, 0.25) is 0 Å². The highest BCUT2D eigenvalue weighted by molar-refractivity contribution is 5.66. The number of fused-ring (bicyclic) bond motifs is 2. The molecule has 160 valence electrons. The number of hydrogen-bond donors (Lipinski definition) is 3. The van der Waals surface area contributed by atoms with Crippen LogP contribution in [0, 0.1) is 10.6 Å². The molecule has 2 aliphatic rings. The average molecular weight is 417 g/mol. The largest absolute Gasteiger partial charge is 0.453 e. The van der Waals surface area contributed by atoms with E-state index in [0.717, 1.165) is 46.4 Å². The van der Waals surface area contributed by atoms with Gasteiger partial charge in [-0.05, 0) is 37.8 Å². The molecule has 0 radical (unpaired) electrons. The van der Waals surface area contributed by atoms with Crippen molar-refractivity contribution >= 4 is 17.9 Å². The van der Waals surface area contributed by atoms with Gasteiger partial charge in [0.25, 0.3) is 6.43 Å². The van der Waals surface area contributed by atoms with Crippen LogP contribution < -0.4 is 21.3 Å². The van der Waals surface area contributed by atoms with Gasteiger partial charge in [-0.25, -0.2) is 18.6 Å². The molecule has 2 aromatic rings. The molecule has 2 aromatic heterocycles. The minimum absolute atomic E-state index is 0.0261. The first kappa shape index (κ1) is 20.4. The summed E-state index contributed by atoms with van der Waals surface area (Å²) in [6, 6.07) is 2.11. The Balaban J connectivity index is 1.81.